The van der Waals surface area contributed by atoms with Gasteiger partial charge in [0, 0.05) is 87.0 Å². The minimum Gasteiger partial charge on any atom is -0.479 e. The summed E-state index contributed by atoms with van der Waals surface area (Å²) < 4.78 is 11.9. The highest BCUT2D eigenvalue weighted by atomic mass is 16.5. The molecule has 0 amide bonds. The number of anilines is 3. The van der Waals surface area contributed by atoms with Crippen LogP contribution in [0.2, 0.25) is 0 Å². The minimum absolute atomic E-state index is 0.240. The van der Waals surface area contributed by atoms with Crippen molar-refractivity contribution >= 4 is 23.3 Å². The molecule has 2 aromatic heterocycles. The number of carboxylic acid groups (broad SMARTS) is 1. The van der Waals surface area contributed by atoms with Crippen molar-refractivity contribution in [1.82, 2.24) is 19.9 Å². The lowest BCUT2D eigenvalue weighted by Crippen LogP contribution is -2.49. The Hall–Kier alpha value is -3.80. The predicted octanol–water partition coefficient (Wildman–Crippen LogP) is 6.59. The van der Waals surface area contributed by atoms with Crippen LogP contribution in [0.25, 0.3) is 11.1 Å². The number of hydrogen-bond donors (Lipinski definition) is 1. The van der Waals surface area contributed by atoms with E-state index < -0.39 is 17.7 Å². The average molecular weight is 726 g/mol. The third-order valence-electron chi connectivity index (χ3n) is 11.8. The highest BCUT2D eigenvalue weighted by molar-refractivity contribution is 5.88. The summed E-state index contributed by atoms with van der Waals surface area (Å²) in [6.07, 6.45) is 5.83. The fraction of sp³-hybridized carbons (Fsp3) is 0.619. The number of ether oxygens (including phenoxy) is 2. The van der Waals surface area contributed by atoms with Crippen molar-refractivity contribution in [3.8, 4) is 11.1 Å². The molecule has 0 saturated carbocycles. The van der Waals surface area contributed by atoms with E-state index in [2.05, 4.69) is 64.6 Å². The number of hydrogen-bond acceptors (Lipinski definition) is 10. The summed E-state index contributed by atoms with van der Waals surface area (Å²) >= 11 is 0. The van der Waals surface area contributed by atoms with E-state index in [1.54, 1.807) is 6.33 Å². The SMILES string of the molecule is Cc1nc(C)c([C@H](OC(C)(C)C)C(=O)O)c(N2CCC(C)(C)CC2)c1-c1ccc2c(c1)CCN(c1cc(N3CCC(N4CCOCC4)CC3)ncn1)C2. The molecule has 1 atom stereocenters. The zero-order chi connectivity index (χ0) is 37.5. The maximum absolute atomic E-state index is 12.9. The Balaban J connectivity index is 1.15. The van der Waals surface area contributed by atoms with Gasteiger partial charge in [-0.05, 0) is 88.8 Å². The number of morpholine rings is 1. The highest BCUT2D eigenvalue weighted by Gasteiger charge is 2.37. The third kappa shape index (κ3) is 8.32. The Bertz CT molecular complexity index is 1780. The molecule has 6 heterocycles. The van der Waals surface area contributed by atoms with Gasteiger partial charge in [-0.2, -0.15) is 0 Å². The van der Waals surface area contributed by atoms with Gasteiger partial charge in [-0.3, -0.25) is 9.88 Å². The van der Waals surface area contributed by atoms with Gasteiger partial charge >= 0.3 is 5.97 Å². The minimum atomic E-state index is -1.13. The van der Waals surface area contributed by atoms with Crippen molar-refractivity contribution in [2.24, 2.45) is 5.41 Å². The summed E-state index contributed by atoms with van der Waals surface area (Å²) in [6, 6.07) is 9.56. The third-order valence-corrected chi connectivity index (χ3v) is 11.8. The second-order valence-corrected chi connectivity index (χ2v) is 17.3. The fourth-order valence-corrected chi connectivity index (χ4v) is 8.74. The smallest absolute Gasteiger partial charge is 0.337 e. The zero-order valence-corrected chi connectivity index (χ0v) is 33.0. The summed E-state index contributed by atoms with van der Waals surface area (Å²) in [4.78, 5) is 37.2. The van der Waals surface area contributed by atoms with Crippen LogP contribution in [0.3, 0.4) is 0 Å². The molecule has 0 radical (unpaired) electrons. The molecule has 0 spiro atoms. The normalized spacial score (nSPS) is 20.7. The van der Waals surface area contributed by atoms with Crippen LogP contribution in [0, 0.1) is 19.3 Å². The molecule has 3 aromatic rings. The van der Waals surface area contributed by atoms with E-state index in [1.807, 2.05) is 27.7 Å². The standard InChI is InChI=1S/C42H59N7O4/c1-28-36(38(48-18-13-42(6,7)14-19-48)37(29(2)45-28)39(40(50)51)53-41(3,4)5)31-8-9-32-26-49(15-10-30(32)24-31)35-25-34(43-27-44-35)47-16-11-33(12-17-47)46-20-22-52-23-21-46/h8-9,24-25,27,33,39H,10-23,26H2,1-7H3,(H,50,51)/t39-/m0/s1. The number of aliphatic carboxylic acids is 1. The number of fused-ring (bicyclic) bond motifs is 1. The Morgan fingerprint density at radius 3 is 2.23 bits per heavy atom. The summed E-state index contributed by atoms with van der Waals surface area (Å²) in [7, 11) is 0. The number of carboxylic acids is 1. The van der Waals surface area contributed by atoms with Crippen LogP contribution in [-0.4, -0.2) is 102 Å². The van der Waals surface area contributed by atoms with Crippen LogP contribution < -0.4 is 14.7 Å². The molecule has 11 nitrogen and oxygen atoms in total. The van der Waals surface area contributed by atoms with Gasteiger partial charge in [-0.25, -0.2) is 14.8 Å². The van der Waals surface area contributed by atoms with Crippen molar-refractivity contribution in [2.75, 3.05) is 73.7 Å². The monoisotopic (exact) mass is 725 g/mol. The van der Waals surface area contributed by atoms with E-state index >= 15 is 0 Å². The lowest BCUT2D eigenvalue weighted by Gasteiger charge is -2.41. The lowest BCUT2D eigenvalue weighted by atomic mass is 9.81. The van der Waals surface area contributed by atoms with Crippen molar-refractivity contribution in [3.63, 3.8) is 0 Å². The van der Waals surface area contributed by atoms with Crippen molar-refractivity contribution in [2.45, 2.75) is 105 Å². The maximum Gasteiger partial charge on any atom is 0.337 e. The molecule has 0 aliphatic carbocycles. The molecule has 11 heteroatoms. The number of piperidine rings is 2. The predicted molar refractivity (Wildman–Crippen MR) is 210 cm³/mol. The van der Waals surface area contributed by atoms with Crippen LogP contribution in [0.15, 0.2) is 30.6 Å². The van der Waals surface area contributed by atoms with E-state index in [-0.39, 0.29) is 5.41 Å². The molecular weight excluding hydrogens is 667 g/mol. The highest BCUT2D eigenvalue weighted by Crippen LogP contribution is 2.45. The second kappa shape index (κ2) is 15.1. The molecular formula is C42H59N7O4. The number of aryl methyl sites for hydroxylation is 2. The van der Waals surface area contributed by atoms with Crippen LogP contribution in [-0.2, 0) is 27.2 Å². The Labute approximate surface area is 315 Å². The quantitative estimate of drug-likeness (QED) is 0.272. The van der Waals surface area contributed by atoms with Gasteiger partial charge in [0.15, 0.2) is 6.10 Å². The summed E-state index contributed by atoms with van der Waals surface area (Å²) in [5.74, 6) is 0.990. The first-order chi connectivity index (χ1) is 25.3. The molecule has 3 saturated heterocycles. The lowest BCUT2D eigenvalue weighted by molar-refractivity contribution is -0.160. The average Bonchev–Trinajstić information content (AvgIpc) is 3.13. The number of aromatic nitrogens is 3. The van der Waals surface area contributed by atoms with E-state index in [4.69, 9.17) is 24.4 Å². The Morgan fingerprint density at radius 2 is 1.57 bits per heavy atom. The van der Waals surface area contributed by atoms with Crippen molar-refractivity contribution < 1.29 is 19.4 Å². The fourth-order valence-electron chi connectivity index (χ4n) is 8.74. The number of rotatable bonds is 8. The van der Waals surface area contributed by atoms with E-state index in [9.17, 15) is 9.90 Å². The number of carbonyl (C=O) groups is 1. The molecule has 53 heavy (non-hydrogen) atoms. The van der Waals surface area contributed by atoms with Crippen LogP contribution >= 0.6 is 0 Å². The van der Waals surface area contributed by atoms with E-state index in [0.717, 1.165) is 132 Å². The van der Waals surface area contributed by atoms with E-state index in [1.165, 1.54) is 11.1 Å². The second-order valence-electron chi connectivity index (χ2n) is 17.3. The summed E-state index contributed by atoms with van der Waals surface area (Å²) in [5.41, 5.74) is 7.52. The Morgan fingerprint density at radius 1 is 0.887 bits per heavy atom. The van der Waals surface area contributed by atoms with E-state index in [0.29, 0.717) is 17.3 Å². The first-order valence-electron chi connectivity index (χ1n) is 19.7. The Kier molecular flexibility index (Phi) is 10.7. The first kappa shape index (κ1) is 37.5. The molecule has 286 valence electrons. The molecule has 0 bridgehead atoms. The first-order valence-corrected chi connectivity index (χ1v) is 19.7. The van der Waals surface area contributed by atoms with Gasteiger partial charge in [0.1, 0.15) is 18.0 Å². The molecule has 4 aliphatic rings. The van der Waals surface area contributed by atoms with Crippen LogP contribution in [0.5, 0.6) is 0 Å². The number of nitrogens with zero attached hydrogens (tertiary/aromatic N) is 7. The molecule has 1 N–H and O–H groups in total. The van der Waals surface area contributed by atoms with Gasteiger partial charge in [0.2, 0.25) is 0 Å². The van der Waals surface area contributed by atoms with Gasteiger partial charge in [0.25, 0.3) is 0 Å². The number of benzene rings is 1. The zero-order valence-electron chi connectivity index (χ0n) is 33.0. The van der Waals surface area contributed by atoms with Crippen LogP contribution in [0.4, 0.5) is 17.3 Å². The molecule has 4 aliphatic heterocycles. The van der Waals surface area contributed by atoms with Gasteiger partial charge in [-0.1, -0.05) is 32.0 Å². The van der Waals surface area contributed by atoms with Gasteiger partial charge in [-0.15, -0.1) is 0 Å². The summed E-state index contributed by atoms with van der Waals surface area (Å²) in [6.45, 7) is 23.5. The number of pyridine rings is 1. The summed E-state index contributed by atoms with van der Waals surface area (Å²) in [5, 5.41) is 10.6. The largest absolute Gasteiger partial charge is 0.479 e. The van der Waals surface area contributed by atoms with Crippen molar-refractivity contribution in [3.05, 3.63) is 58.7 Å². The van der Waals surface area contributed by atoms with Crippen molar-refractivity contribution in [1.29, 1.82) is 0 Å². The van der Waals surface area contributed by atoms with Gasteiger partial charge in [0.05, 0.1) is 24.5 Å². The molecule has 7 rings (SSSR count). The molecule has 0 unspecified atom stereocenters. The van der Waals surface area contributed by atoms with Gasteiger partial charge < -0.3 is 29.3 Å². The molecule has 3 fully saturated rings. The molecule has 1 aromatic carbocycles. The van der Waals surface area contributed by atoms with Crippen LogP contribution in [0.1, 0.15) is 94.5 Å². The maximum atomic E-state index is 12.9. The topological polar surface area (TPSA) is 107 Å².